The summed E-state index contributed by atoms with van der Waals surface area (Å²) in [6.45, 7) is 2.23. The van der Waals surface area contributed by atoms with Gasteiger partial charge in [0.15, 0.2) is 4.34 Å². The van der Waals surface area contributed by atoms with Crippen LogP contribution in [-0.4, -0.2) is 33.4 Å². The molecular formula is C15H18N2O2S2. The zero-order valence-electron chi connectivity index (χ0n) is 11.8. The first kappa shape index (κ1) is 14.8. The number of para-hydroxylation sites is 1. The van der Waals surface area contributed by atoms with Gasteiger partial charge in [-0.2, -0.15) is 0 Å². The molecule has 1 heterocycles. The van der Waals surface area contributed by atoms with E-state index in [0.717, 1.165) is 33.8 Å². The van der Waals surface area contributed by atoms with Crippen molar-refractivity contribution in [3.05, 3.63) is 24.3 Å². The van der Waals surface area contributed by atoms with E-state index in [-0.39, 0.29) is 11.2 Å². The molecule has 1 aliphatic carbocycles. The third-order valence-corrected chi connectivity index (χ3v) is 6.03. The summed E-state index contributed by atoms with van der Waals surface area (Å²) < 4.78 is 2.04. The molecule has 1 unspecified atom stereocenters. The molecule has 2 N–H and O–H groups in total. The highest BCUT2D eigenvalue weighted by Gasteiger charge is 2.34. The van der Waals surface area contributed by atoms with Crippen LogP contribution in [-0.2, 0) is 4.79 Å². The molecule has 1 saturated carbocycles. The Balaban J connectivity index is 1.57. The topological polar surface area (TPSA) is 62.2 Å². The van der Waals surface area contributed by atoms with Crippen LogP contribution in [0.25, 0.3) is 10.2 Å². The Labute approximate surface area is 132 Å². The van der Waals surface area contributed by atoms with Crippen LogP contribution in [0.4, 0.5) is 0 Å². The fourth-order valence-corrected chi connectivity index (χ4v) is 4.50. The fourth-order valence-electron chi connectivity index (χ4n) is 2.26. The second-order valence-corrected chi connectivity index (χ2v) is 8.12. The van der Waals surface area contributed by atoms with Crippen molar-refractivity contribution in [2.75, 3.05) is 6.54 Å². The lowest BCUT2D eigenvalue weighted by molar-refractivity contribution is -0.122. The third kappa shape index (κ3) is 3.39. The number of rotatable bonds is 5. The van der Waals surface area contributed by atoms with Crippen molar-refractivity contribution in [1.29, 1.82) is 0 Å². The Morgan fingerprint density at radius 3 is 2.95 bits per heavy atom. The molecule has 2 aromatic rings. The smallest absolute Gasteiger partial charge is 0.233 e. The molecule has 0 aliphatic heterocycles. The summed E-state index contributed by atoms with van der Waals surface area (Å²) >= 11 is 3.07. The van der Waals surface area contributed by atoms with Crippen LogP contribution in [0.2, 0.25) is 0 Å². The van der Waals surface area contributed by atoms with Crippen molar-refractivity contribution < 1.29 is 9.90 Å². The van der Waals surface area contributed by atoms with Gasteiger partial charge in [-0.15, -0.1) is 11.3 Å². The van der Waals surface area contributed by atoms with Crippen LogP contribution in [0.5, 0.6) is 0 Å². The van der Waals surface area contributed by atoms with Crippen molar-refractivity contribution in [2.24, 2.45) is 0 Å². The van der Waals surface area contributed by atoms with Crippen LogP contribution in [0.15, 0.2) is 28.6 Å². The predicted molar refractivity (Wildman–Crippen MR) is 86.7 cm³/mol. The number of thioether (sulfide) groups is 1. The van der Waals surface area contributed by atoms with Gasteiger partial charge in [-0.1, -0.05) is 23.9 Å². The van der Waals surface area contributed by atoms with Gasteiger partial charge in [0, 0.05) is 6.54 Å². The standard InChI is InChI=1S/C15H18N2O2S2/c1-10(13(18)16-9-15(19)7-4-8-15)20-14-17-11-5-2-3-6-12(11)21-14/h2-3,5-6,10,19H,4,7-9H2,1H3,(H,16,18). The number of carbonyl (C=O) groups excluding carboxylic acids is 1. The molecule has 0 bridgehead atoms. The van der Waals surface area contributed by atoms with E-state index >= 15 is 0 Å². The number of aliphatic hydroxyl groups is 1. The molecular weight excluding hydrogens is 304 g/mol. The van der Waals surface area contributed by atoms with Gasteiger partial charge in [-0.05, 0) is 38.3 Å². The number of hydrogen-bond acceptors (Lipinski definition) is 5. The van der Waals surface area contributed by atoms with Gasteiger partial charge >= 0.3 is 0 Å². The summed E-state index contributed by atoms with van der Waals surface area (Å²) in [5, 5.41) is 12.6. The van der Waals surface area contributed by atoms with Crippen LogP contribution in [0, 0.1) is 0 Å². The largest absolute Gasteiger partial charge is 0.388 e. The van der Waals surface area contributed by atoms with Crippen molar-refractivity contribution in [1.82, 2.24) is 10.3 Å². The van der Waals surface area contributed by atoms with Crippen molar-refractivity contribution >= 4 is 39.2 Å². The molecule has 4 nitrogen and oxygen atoms in total. The Hall–Kier alpha value is -1.11. The van der Waals surface area contributed by atoms with Crippen LogP contribution in [0.1, 0.15) is 26.2 Å². The predicted octanol–water partition coefficient (Wildman–Crippen LogP) is 2.81. The lowest BCUT2D eigenvalue weighted by Crippen LogP contribution is -2.49. The van der Waals surface area contributed by atoms with E-state index in [0.29, 0.717) is 6.54 Å². The van der Waals surface area contributed by atoms with Crippen LogP contribution < -0.4 is 5.32 Å². The zero-order chi connectivity index (χ0) is 14.9. The van der Waals surface area contributed by atoms with Gasteiger partial charge in [-0.3, -0.25) is 4.79 Å². The third-order valence-electron chi connectivity index (χ3n) is 3.80. The maximum atomic E-state index is 12.1. The number of aromatic nitrogens is 1. The summed E-state index contributed by atoms with van der Waals surface area (Å²) in [6.07, 6.45) is 2.61. The normalized spacial score (nSPS) is 18.2. The van der Waals surface area contributed by atoms with E-state index in [1.807, 2.05) is 31.2 Å². The van der Waals surface area contributed by atoms with E-state index in [2.05, 4.69) is 10.3 Å². The quantitative estimate of drug-likeness (QED) is 0.831. The van der Waals surface area contributed by atoms with Gasteiger partial charge in [0.2, 0.25) is 5.91 Å². The molecule has 21 heavy (non-hydrogen) atoms. The summed E-state index contributed by atoms with van der Waals surface area (Å²) in [4.78, 5) is 16.6. The number of nitrogens with zero attached hydrogens (tertiary/aromatic N) is 1. The van der Waals surface area contributed by atoms with Gasteiger partial charge in [0.05, 0.1) is 21.1 Å². The highest BCUT2D eigenvalue weighted by Crippen LogP contribution is 2.33. The number of fused-ring (bicyclic) bond motifs is 1. The Bertz CT molecular complexity index is 619. The van der Waals surface area contributed by atoms with Crippen LogP contribution in [0.3, 0.4) is 0 Å². The van der Waals surface area contributed by atoms with E-state index in [4.69, 9.17) is 0 Å². The second kappa shape index (κ2) is 5.94. The van der Waals surface area contributed by atoms with E-state index in [9.17, 15) is 9.90 Å². The number of hydrogen-bond donors (Lipinski definition) is 2. The number of benzene rings is 1. The lowest BCUT2D eigenvalue weighted by atomic mass is 9.80. The molecule has 0 spiro atoms. The van der Waals surface area contributed by atoms with Gasteiger partial charge in [0.1, 0.15) is 0 Å². The maximum Gasteiger partial charge on any atom is 0.233 e. The van der Waals surface area contributed by atoms with Crippen molar-refractivity contribution in [3.63, 3.8) is 0 Å². The number of nitrogens with one attached hydrogen (secondary N) is 1. The molecule has 0 saturated heterocycles. The number of amides is 1. The van der Waals surface area contributed by atoms with Gasteiger partial charge < -0.3 is 10.4 Å². The average molecular weight is 322 g/mol. The summed E-state index contributed by atoms with van der Waals surface area (Å²) in [6, 6.07) is 7.97. The van der Waals surface area contributed by atoms with Gasteiger partial charge in [0.25, 0.3) is 0 Å². The zero-order valence-corrected chi connectivity index (χ0v) is 13.5. The Morgan fingerprint density at radius 2 is 2.29 bits per heavy atom. The second-order valence-electron chi connectivity index (χ2n) is 5.50. The molecule has 1 aromatic heterocycles. The Morgan fingerprint density at radius 1 is 1.52 bits per heavy atom. The van der Waals surface area contributed by atoms with E-state index < -0.39 is 5.60 Å². The Kier molecular flexibility index (Phi) is 4.19. The average Bonchev–Trinajstić information content (AvgIpc) is 2.84. The molecule has 0 radical (unpaired) electrons. The molecule has 1 amide bonds. The SMILES string of the molecule is CC(Sc1nc2ccccc2s1)C(=O)NCC1(O)CCC1. The monoisotopic (exact) mass is 322 g/mol. The van der Waals surface area contributed by atoms with E-state index in [1.165, 1.54) is 11.8 Å². The molecule has 1 fully saturated rings. The maximum absolute atomic E-state index is 12.1. The molecule has 1 atom stereocenters. The first-order chi connectivity index (χ1) is 10.1. The van der Waals surface area contributed by atoms with Crippen molar-refractivity contribution in [3.8, 4) is 0 Å². The first-order valence-corrected chi connectivity index (χ1v) is 8.78. The minimum Gasteiger partial charge on any atom is -0.388 e. The van der Waals surface area contributed by atoms with E-state index in [1.54, 1.807) is 11.3 Å². The lowest BCUT2D eigenvalue weighted by Gasteiger charge is -2.36. The highest BCUT2D eigenvalue weighted by molar-refractivity contribution is 8.02. The number of carbonyl (C=O) groups is 1. The minimum absolute atomic E-state index is 0.0421. The molecule has 112 valence electrons. The molecule has 6 heteroatoms. The molecule has 3 rings (SSSR count). The van der Waals surface area contributed by atoms with Crippen LogP contribution >= 0.6 is 23.1 Å². The molecule has 1 aliphatic rings. The van der Waals surface area contributed by atoms with Crippen molar-refractivity contribution in [2.45, 2.75) is 41.4 Å². The minimum atomic E-state index is -0.671. The molecule has 1 aromatic carbocycles. The summed E-state index contributed by atoms with van der Waals surface area (Å²) in [5.74, 6) is -0.0421. The highest BCUT2D eigenvalue weighted by atomic mass is 32.2. The summed E-state index contributed by atoms with van der Waals surface area (Å²) in [5.41, 5.74) is 0.303. The van der Waals surface area contributed by atoms with Gasteiger partial charge in [-0.25, -0.2) is 4.98 Å². The number of thiazole rings is 1. The fraction of sp³-hybridized carbons (Fsp3) is 0.467. The first-order valence-electron chi connectivity index (χ1n) is 7.08. The summed E-state index contributed by atoms with van der Waals surface area (Å²) in [7, 11) is 0.